The summed E-state index contributed by atoms with van der Waals surface area (Å²) in [6.45, 7) is 5.18. The molecule has 0 spiro atoms. The molecule has 1 unspecified atom stereocenters. The van der Waals surface area contributed by atoms with E-state index in [0.717, 1.165) is 0 Å². The maximum atomic E-state index is 11.2. The van der Waals surface area contributed by atoms with Gasteiger partial charge < -0.3 is 15.5 Å². The molecule has 0 bridgehead atoms. The van der Waals surface area contributed by atoms with Crippen molar-refractivity contribution in [2.24, 2.45) is 5.92 Å². The second kappa shape index (κ2) is 5.94. The molecule has 4 nitrogen and oxygen atoms in total. The standard InChI is InChI=1S/C9H19NO3/c1-6(2)4-9(13)10-8(5-11)7(3)12/h6-8,11-12H,4-5H2,1-3H3,(H,10,13)/t7?,8-/m0/s1. The van der Waals surface area contributed by atoms with Gasteiger partial charge in [-0.3, -0.25) is 4.79 Å². The lowest BCUT2D eigenvalue weighted by atomic mass is 10.1. The molecule has 3 N–H and O–H groups in total. The van der Waals surface area contributed by atoms with Gasteiger partial charge in [-0.25, -0.2) is 0 Å². The summed E-state index contributed by atoms with van der Waals surface area (Å²) < 4.78 is 0. The van der Waals surface area contributed by atoms with Crippen LogP contribution in [0.5, 0.6) is 0 Å². The molecular formula is C9H19NO3. The van der Waals surface area contributed by atoms with Gasteiger partial charge in [0.25, 0.3) is 0 Å². The normalized spacial score (nSPS) is 15.5. The lowest BCUT2D eigenvalue weighted by Crippen LogP contribution is -2.44. The second-order valence-electron chi connectivity index (χ2n) is 3.70. The minimum atomic E-state index is -0.721. The van der Waals surface area contributed by atoms with Gasteiger partial charge >= 0.3 is 0 Å². The smallest absolute Gasteiger partial charge is 0.220 e. The quantitative estimate of drug-likeness (QED) is 0.565. The van der Waals surface area contributed by atoms with E-state index in [4.69, 9.17) is 10.2 Å². The number of hydrogen-bond donors (Lipinski definition) is 3. The van der Waals surface area contributed by atoms with Gasteiger partial charge in [-0.05, 0) is 12.8 Å². The van der Waals surface area contributed by atoms with Crippen LogP contribution < -0.4 is 5.32 Å². The number of amides is 1. The third kappa shape index (κ3) is 5.60. The maximum absolute atomic E-state index is 11.2. The van der Waals surface area contributed by atoms with E-state index in [1.807, 2.05) is 13.8 Å². The Morgan fingerprint density at radius 3 is 2.23 bits per heavy atom. The molecule has 0 saturated carbocycles. The lowest BCUT2D eigenvalue weighted by molar-refractivity contribution is -0.123. The van der Waals surface area contributed by atoms with Gasteiger partial charge in [-0.15, -0.1) is 0 Å². The van der Waals surface area contributed by atoms with Crippen molar-refractivity contribution < 1.29 is 15.0 Å². The fraction of sp³-hybridized carbons (Fsp3) is 0.889. The van der Waals surface area contributed by atoms with Crippen LogP contribution in [0.2, 0.25) is 0 Å². The molecule has 1 amide bonds. The van der Waals surface area contributed by atoms with Crippen LogP contribution in [0, 0.1) is 5.92 Å². The van der Waals surface area contributed by atoms with Crippen LogP contribution in [-0.2, 0) is 4.79 Å². The first-order valence-corrected chi connectivity index (χ1v) is 4.55. The fourth-order valence-corrected chi connectivity index (χ4v) is 0.955. The molecule has 0 heterocycles. The summed E-state index contributed by atoms with van der Waals surface area (Å²) >= 11 is 0. The molecule has 0 aliphatic rings. The Morgan fingerprint density at radius 1 is 1.38 bits per heavy atom. The van der Waals surface area contributed by atoms with E-state index in [2.05, 4.69) is 5.32 Å². The number of nitrogens with one attached hydrogen (secondary N) is 1. The Morgan fingerprint density at radius 2 is 1.92 bits per heavy atom. The summed E-state index contributed by atoms with van der Waals surface area (Å²) in [5.41, 5.74) is 0. The van der Waals surface area contributed by atoms with Crippen LogP contribution in [0.15, 0.2) is 0 Å². The van der Waals surface area contributed by atoms with Crippen molar-refractivity contribution in [3.05, 3.63) is 0 Å². The van der Waals surface area contributed by atoms with Crippen LogP contribution in [0.1, 0.15) is 27.2 Å². The Hall–Kier alpha value is -0.610. The predicted molar refractivity (Wildman–Crippen MR) is 50.2 cm³/mol. The van der Waals surface area contributed by atoms with Crippen molar-refractivity contribution >= 4 is 5.91 Å². The summed E-state index contributed by atoms with van der Waals surface area (Å²) in [5.74, 6) is 0.156. The average molecular weight is 189 g/mol. The third-order valence-electron chi connectivity index (χ3n) is 1.72. The number of aliphatic hydroxyl groups excluding tert-OH is 2. The highest BCUT2D eigenvalue weighted by atomic mass is 16.3. The van der Waals surface area contributed by atoms with Gasteiger partial charge in [0.15, 0.2) is 0 Å². The summed E-state index contributed by atoms with van der Waals surface area (Å²) in [4.78, 5) is 11.2. The Bertz CT molecular complexity index is 157. The number of rotatable bonds is 5. The van der Waals surface area contributed by atoms with Crippen LogP contribution in [0.3, 0.4) is 0 Å². The van der Waals surface area contributed by atoms with E-state index in [0.29, 0.717) is 6.42 Å². The van der Waals surface area contributed by atoms with Crippen molar-refractivity contribution in [1.82, 2.24) is 5.32 Å². The monoisotopic (exact) mass is 189 g/mol. The first-order valence-electron chi connectivity index (χ1n) is 4.55. The summed E-state index contributed by atoms with van der Waals surface area (Å²) in [6, 6.07) is -0.550. The summed E-state index contributed by atoms with van der Waals surface area (Å²) in [5, 5.41) is 20.5. The average Bonchev–Trinajstić information content (AvgIpc) is 1.98. The molecule has 0 saturated heterocycles. The number of carbonyl (C=O) groups is 1. The lowest BCUT2D eigenvalue weighted by Gasteiger charge is -2.19. The van der Waals surface area contributed by atoms with Gasteiger partial charge in [-0.1, -0.05) is 13.8 Å². The Balaban J connectivity index is 3.87. The maximum Gasteiger partial charge on any atom is 0.220 e. The van der Waals surface area contributed by atoms with Crippen LogP contribution in [0.4, 0.5) is 0 Å². The molecule has 0 fully saturated rings. The van der Waals surface area contributed by atoms with Crippen LogP contribution in [0.25, 0.3) is 0 Å². The molecule has 0 aliphatic heterocycles. The van der Waals surface area contributed by atoms with Crippen molar-refractivity contribution in [2.75, 3.05) is 6.61 Å². The van der Waals surface area contributed by atoms with Crippen molar-refractivity contribution in [1.29, 1.82) is 0 Å². The van der Waals surface area contributed by atoms with Gasteiger partial charge in [0.05, 0.1) is 18.8 Å². The molecule has 4 heteroatoms. The van der Waals surface area contributed by atoms with E-state index in [9.17, 15) is 4.79 Å². The van der Waals surface area contributed by atoms with Gasteiger partial charge in [0.2, 0.25) is 5.91 Å². The van der Waals surface area contributed by atoms with Gasteiger partial charge in [0.1, 0.15) is 0 Å². The van der Waals surface area contributed by atoms with Crippen molar-refractivity contribution in [3.8, 4) is 0 Å². The van der Waals surface area contributed by atoms with E-state index < -0.39 is 12.1 Å². The predicted octanol–water partition coefficient (Wildman–Crippen LogP) is -0.110. The highest BCUT2D eigenvalue weighted by Crippen LogP contribution is 2.00. The molecular weight excluding hydrogens is 170 g/mol. The van der Waals surface area contributed by atoms with Gasteiger partial charge in [-0.2, -0.15) is 0 Å². The van der Waals surface area contributed by atoms with Gasteiger partial charge in [0, 0.05) is 6.42 Å². The number of aliphatic hydroxyl groups is 2. The number of carbonyl (C=O) groups excluding carboxylic acids is 1. The second-order valence-corrected chi connectivity index (χ2v) is 3.70. The van der Waals surface area contributed by atoms with E-state index >= 15 is 0 Å². The zero-order valence-electron chi connectivity index (χ0n) is 8.45. The first-order chi connectivity index (χ1) is 5.97. The van der Waals surface area contributed by atoms with Crippen LogP contribution >= 0.6 is 0 Å². The fourth-order valence-electron chi connectivity index (χ4n) is 0.955. The molecule has 0 aromatic carbocycles. The molecule has 0 radical (unpaired) electrons. The SMILES string of the molecule is CC(C)CC(=O)N[C@@H](CO)C(C)O. The molecule has 0 aromatic heterocycles. The largest absolute Gasteiger partial charge is 0.394 e. The van der Waals surface area contributed by atoms with Crippen molar-refractivity contribution in [3.63, 3.8) is 0 Å². The molecule has 0 aromatic rings. The zero-order valence-corrected chi connectivity index (χ0v) is 8.45. The Labute approximate surface area is 79.0 Å². The minimum Gasteiger partial charge on any atom is -0.394 e. The molecule has 78 valence electrons. The molecule has 13 heavy (non-hydrogen) atoms. The van der Waals surface area contributed by atoms with Crippen molar-refractivity contribution in [2.45, 2.75) is 39.3 Å². The van der Waals surface area contributed by atoms with E-state index in [1.165, 1.54) is 6.92 Å². The number of hydrogen-bond acceptors (Lipinski definition) is 3. The third-order valence-corrected chi connectivity index (χ3v) is 1.72. The van der Waals surface area contributed by atoms with E-state index in [1.54, 1.807) is 0 Å². The molecule has 0 aliphatic carbocycles. The minimum absolute atomic E-state index is 0.130. The zero-order chi connectivity index (χ0) is 10.4. The summed E-state index contributed by atoms with van der Waals surface area (Å²) in [6.07, 6.45) is -0.301. The highest BCUT2D eigenvalue weighted by molar-refractivity contribution is 5.76. The topological polar surface area (TPSA) is 69.6 Å². The Kier molecular flexibility index (Phi) is 5.66. The highest BCUT2D eigenvalue weighted by Gasteiger charge is 2.16. The molecule has 2 atom stereocenters. The van der Waals surface area contributed by atoms with Crippen LogP contribution in [-0.4, -0.2) is 34.9 Å². The van der Waals surface area contributed by atoms with E-state index in [-0.39, 0.29) is 18.4 Å². The molecule has 0 rings (SSSR count). The summed E-state index contributed by atoms with van der Waals surface area (Å²) in [7, 11) is 0. The first kappa shape index (κ1) is 12.4.